The van der Waals surface area contributed by atoms with E-state index in [1.54, 1.807) is 14.0 Å². The van der Waals surface area contributed by atoms with Crippen molar-refractivity contribution in [3.8, 4) is 11.8 Å². The molecule has 6 rings (SSSR count). The molecular formula is C23H25FN8O2. The predicted molar refractivity (Wildman–Crippen MR) is 125 cm³/mol. The number of aliphatic hydroxyl groups is 1. The Kier molecular flexibility index (Phi) is 4.61. The monoisotopic (exact) mass is 464 g/mol. The molecule has 5 N–H and O–H groups in total. The molecule has 2 fully saturated rings. The molecule has 1 spiro atoms. The van der Waals surface area contributed by atoms with Gasteiger partial charge in [0.25, 0.3) is 0 Å². The number of aromatic nitrogens is 5. The molecule has 3 aromatic heterocycles. The highest BCUT2D eigenvalue weighted by atomic mass is 19.1. The molecule has 1 aliphatic heterocycles. The zero-order valence-electron chi connectivity index (χ0n) is 18.8. The van der Waals surface area contributed by atoms with Crippen LogP contribution in [0.15, 0.2) is 24.5 Å². The third-order valence-corrected chi connectivity index (χ3v) is 6.92. The summed E-state index contributed by atoms with van der Waals surface area (Å²) in [6.45, 7) is 3.17. The highest BCUT2D eigenvalue weighted by Crippen LogP contribution is 2.53. The number of aromatic amines is 1. The maximum atomic E-state index is 14.5. The largest absolute Gasteiger partial charge is 0.421 e. The van der Waals surface area contributed by atoms with Crippen molar-refractivity contribution in [3.63, 3.8) is 0 Å². The van der Waals surface area contributed by atoms with Crippen molar-refractivity contribution < 1.29 is 14.2 Å². The van der Waals surface area contributed by atoms with Crippen LogP contribution in [0.1, 0.15) is 31.7 Å². The summed E-state index contributed by atoms with van der Waals surface area (Å²) >= 11 is 0. The van der Waals surface area contributed by atoms with E-state index < -0.39 is 6.10 Å². The van der Waals surface area contributed by atoms with Gasteiger partial charge in [-0.15, -0.1) is 0 Å². The van der Waals surface area contributed by atoms with Crippen molar-refractivity contribution in [2.75, 3.05) is 30.4 Å². The van der Waals surface area contributed by atoms with E-state index in [1.807, 2.05) is 0 Å². The van der Waals surface area contributed by atoms with E-state index >= 15 is 0 Å². The second kappa shape index (κ2) is 7.47. The second-order valence-corrected chi connectivity index (χ2v) is 9.20. The number of rotatable bonds is 5. The first-order chi connectivity index (χ1) is 16.4. The number of ether oxygens (including phenoxy) is 1. The zero-order chi connectivity index (χ0) is 23.6. The number of nitrogens with zero attached hydrogens (tertiary/aromatic N) is 5. The number of benzene rings is 1. The van der Waals surface area contributed by atoms with Crippen LogP contribution in [-0.2, 0) is 0 Å². The van der Waals surface area contributed by atoms with Gasteiger partial charge in [0.2, 0.25) is 0 Å². The highest BCUT2D eigenvalue weighted by Gasteiger charge is 2.56. The van der Waals surface area contributed by atoms with Crippen LogP contribution in [0.3, 0.4) is 0 Å². The van der Waals surface area contributed by atoms with Gasteiger partial charge in [0.05, 0.1) is 29.0 Å². The molecule has 3 atom stereocenters. The normalized spacial score (nSPS) is 22.6. The van der Waals surface area contributed by atoms with Gasteiger partial charge in [-0.3, -0.25) is 0 Å². The minimum Gasteiger partial charge on any atom is -0.421 e. The van der Waals surface area contributed by atoms with Gasteiger partial charge < -0.3 is 30.8 Å². The fourth-order valence-electron chi connectivity index (χ4n) is 4.92. The van der Waals surface area contributed by atoms with Gasteiger partial charge >= 0.3 is 6.01 Å². The second-order valence-electron chi connectivity index (χ2n) is 9.20. The number of halogens is 1. The smallest absolute Gasteiger partial charge is 0.326 e. The molecule has 10 nitrogen and oxygen atoms in total. The Morgan fingerprint density at radius 3 is 2.74 bits per heavy atom. The van der Waals surface area contributed by atoms with Crippen molar-refractivity contribution in [1.29, 1.82) is 0 Å². The Balaban J connectivity index is 1.48. The first-order valence-corrected chi connectivity index (χ1v) is 11.3. The topological polar surface area (TPSA) is 138 Å². The molecule has 2 aliphatic rings. The Bertz CT molecular complexity index is 1410. The number of nitrogens with two attached hydrogens (primary N) is 1. The fraction of sp³-hybridized carbons (Fsp3) is 0.391. The first-order valence-electron chi connectivity index (χ1n) is 11.3. The average molecular weight is 465 g/mol. The minimum absolute atomic E-state index is 0.120. The molecule has 0 bridgehead atoms. The third kappa shape index (κ3) is 3.31. The molecule has 4 heterocycles. The summed E-state index contributed by atoms with van der Waals surface area (Å²) in [5, 5.41) is 14.1. The molecule has 1 saturated heterocycles. The lowest BCUT2D eigenvalue weighted by Gasteiger charge is -2.19. The van der Waals surface area contributed by atoms with E-state index in [0.29, 0.717) is 34.1 Å². The van der Waals surface area contributed by atoms with E-state index in [2.05, 4.69) is 30.2 Å². The summed E-state index contributed by atoms with van der Waals surface area (Å²) in [6, 6.07) is 3.26. The lowest BCUT2D eigenvalue weighted by molar-refractivity contribution is 0.188. The number of H-pyrrole nitrogens is 1. The molecule has 0 radical (unpaired) electrons. The van der Waals surface area contributed by atoms with Crippen LogP contribution < -0.4 is 20.7 Å². The number of anilines is 2. The molecule has 0 amide bonds. The summed E-state index contributed by atoms with van der Waals surface area (Å²) in [5.74, 6) is 0.970. The lowest BCUT2D eigenvalue weighted by Crippen LogP contribution is -2.24. The van der Waals surface area contributed by atoms with Crippen molar-refractivity contribution in [2.45, 2.75) is 31.9 Å². The average Bonchev–Trinajstić information content (AvgIpc) is 3.12. The van der Waals surface area contributed by atoms with Gasteiger partial charge in [-0.05, 0) is 31.9 Å². The van der Waals surface area contributed by atoms with Crippen LogP contribution >= 0.6 is 0 Å². The van der Waals surface area contributed by atoms with Crippen LogP contribution in [0.5, 0.6) is 11.8 Å². The maximum absolute atomic E-state index is 14.5. The van der Waals surface area contributed by atoms with Gasteiger partial charge in [-0.1, -0.05) is 0 Å². The number of nitrogens with one attached hydrogen (secondary N) is 2. The van der Waals surface area contributed by atoms with Crippen LogP contribution in [0, 0.1) is 11.2 Å². The van der Waals surface area contributed by atoms with Crippen molar-refractivity contribution >= 4 is 33.4 Å². The summed E-state index contributed by atoms with van der Waals surface area (Å²) in [4.78, 5) is 23.0. The van der Waals surface area contributed by atoms with E-state index in [0.717, 1.165) is 36.8 Å². The van der Waals surface area contributed by atoms with Crippen molar-refractivity contribution in [3.05, 3.63) is 36.2 Å². The van der Waals surface area contributed by atoms with Crippen LogP contribution in [-0.4, -0.2) is 56.2 Å². The Labute approximate surface area is 194 Å². The maximum Gasteiger partial charge on any atom is 0.326 e. The standard InChI is InChI=1S/C23H25FN8O2/c1-11(33)19-27-8-13(9-28-19)34-22-30-20-17(14-5-12(24)6-15(26-2)18(14)29-20)21(31-22)32-4-3-23(10-32)7-16(23)25/h5-6,8-9,11,16,26,33H,3-4,7,10,25H2,1-2H3,(H,29,30,31)/t11-,16-,23?/m1/s1. The number of hydrogen-bond donors (Lipinski definition) is 4. The predicted octanol–water partition coefficient (Wildman–Crippen LogP) is 2.85. The molecule has 11 heteroatoms. The molecule has 4 aromatic rings. The van der Waals surface area contributed by atoms with E-state index in [-0.39, 0.29) is 23.3 Å². The van der Waals surface area contributed by atoms with Gasteiger partial charge in [0, 0.05) is 37.0 Å². The molecule has 176 valence electrons. The van der Waals surface area contributed by atoms with E-state index in [9.17, 15) is 9.50 Å². The SMILES string of the molecule is CNc1cc(F)cc2c1[nH]c1nc(Oc3cnc([C@@H](C)O)nc3)nc(N3CCC4(C[C@H]4N)C3)c12. The molecule has 1 unspecified atom stereocenters. The first kappa shape index (κ1) is 21.0. The third-order valence-electron chi connectivity index (χ3n) is 6.92. The summed E-state index contributed by atoms with van der Waals surface area (Å²) in [6.07, 6.45) is 4.15. The summed E-state index contributed by atoms with van der Waals surface area (Å²) in [7, 11) is 1.75. The minimum atomic E-state index is -0.780. The summed E-state index contributed by atoms with van der Waals surface area (Å²) in [5.41, 5.74) is 8.27. The fourth-order valence-corrected chi connectivity index (χ4v) is 4.92. The Morgan fingerprint density at radius 1 is 1.32 bits per heavy atom. The summed E-state index contributed by atoms with van der Waals surface area (Å²) < 4.78 is 20.4. The van der Waals surface area contributed by atoms with Gasteiger partial charge in [0.15, 0.2) is 11.6 Å². The Hall–Kier alpha value is -3.57. The van der Waals surface area contributed by atoms with Gasteiger partial charge in [0.1, 0.15) is 23.4 Å². The number of hydrogen-bond acceptors (Lipinski definition) is 9. The quantitative estimate of drug-likeness (QED) is 0.351. The Morgan fingerprint density at radius 2 is 2.09 bits per heavy atom. The van der Waals surface area contributed by atoms with E-state index in [4.69, 9.17) is 15.5 Å². The van der Waals surface area contributed by atoms with Crippen molar-refractivity contribution in [1.82, 2.24) is 24.9 Å². The molecular weight excluding hydrogens is 439 g/mol. The number of aliphatic hydroxyl groups excluding tert-OH is 1. The zero-order valence-corrected chi connectivity index (χ0v) is 18.8. The lowest BCUT2D eigenvalue weighted by atomic mass is 10.1. The molecule has 1 aliphatic carbocycles. The van der Waals surface area contributed by atoms with Crippen molar-refractivity contribution in [2.24, 2.45) is 11.1 Å². The van der Waals surface area contributed by atoms with Gasteiger partial charge in [-0.25, -0.2) is 14.4 Å². The highest BCUT2D eigenvalue weighted by molar-refractivity contribution is 6.14. The van der Waals surface area contributed by atoms with Gasteiger partial charge in [-0.2, -0.15) is 9.97 Å². The van der Waals surface area contributed by atoms with Crippen LogP contribution in [0.2, 0.25) is 0 Å². The molecule has 1 saturated carbocycles. The molecule has 34 heavy (non-hydrogen) atoms. The van der Waals surface area contributed by atoms with Crippen LogP contribution in [0.25, 0.3) is 21.9 Å². The number of fused-ring (bicyclic) bond motifs is 3. The van der Waals surface area contributed by atoms with Crippen LogP contribution in [0.4, 0.5) is 15.9 Å². The molecule has 1 aromatic carbocycles. The van der Waals surface area contributed by atoms with E-state index in [1.165, 1.54) is 24.5 Å².